The lowest BCUT2D eigenvalue weighted by Gasteiger charge is -2.18. The summed E-state index contributed by atoms with van der Waals surface area (Å²) in [4.78, 5) is 1.31. The molecule has 1 heterocycles. The van der Waals surface area contributed by atoms with Crippen molar-refractivity contribution in [1.29, 1.82) is 0 Å². The molecule has 0 radical (unpaired) electrons. The Morgan fingerprint density at radius 1 is 0.289 bits per heavy atom. The van der Waals surface area contributed by atoms with Crippen LogP contribution in [0, 0.1) is 0 Å². The first-order chi connectivity index (χ1) is 22.3. The minimum absolute atomic E-state index is 1.24. The molecular weight excluding hydrogens is 561 g/mol. The number of benzene rings is 8. The molecule has 0 bridgehead atoms. The molecule has 1 heteroatoms. The van der Waals surface area contributed by atoms with Gasteiger partial charge in [-0.1, -0.05) is 152 Å². The number of hydrogen-bond donors (Lipinski definition) is 0. The first-order valence-corrected chi connectivity index (χ1v) is 16.3. The van der Waals surface area contributed by atoms with E-state index in [9.17, 15) is 0 Å². The van der Waals surface area contributed by atoms with Crippen molar-refractivity contribution in [2.24, 2.45) is 0 Å². The number of thiophene rings is 1. The SMILES string of the molecule is c1ccc(-c2c(-c3cccc(-c4c5ccccc5c(-c5ccc6ccccc6c5)c5ccccc45)c3)sc3ccccc23)cc1. The van der Waals surface area contributed by atoms with Crippen LogP contribution < -0.4 is 0 Å². The van der Waals surface area contributed by atoms with Crippen molar-refractivity contribution in [3.8, 4) is 43.8 Å². The fourth-order valence-corrected chi connectivity index (χ4v) is 8.27. The van der Waals surface area contributed by atoms with E-state index >= 15 is 0 Å². The molecule has 0 N–H and O–H groups in total. The predicted molar refractivity (Wildman–Crippen MR) is 196 cm³/mol. The maximum absolute atomic E-state index is 2.40. The van der Waals surface area contributed by atoms with E-state index in [1.54, 1.807) is 0 Å². The lowest BCUT2D eigenvalue weighted by molar-refractivity contribution is 1.64. The summed E-state index contributed by atoms with van der Waals surface area (Å²) in [5.74, 6) is 0. The topological polar surface area (TPSA) is 0 Å². The third-order valence-electron chi connectivity index (χ3n) is 9.04. The van der Waals surface area contributed by atoms with Crippen LogP contribution in [0.15, 0.2) is 170 Å². The molecule has 0 unspecified atom stereocenters. The Morgan fingerprint density at radius 3 is 1.49 bits per heavy atom. The Balaban J connectivity index is 1.31. The van der Waals surface area contributed by atoms with Crippen molar-refractivity contribution >= 4 is 53.7 Å². The molecule has 0 nitrogen and oxygen atoms in total. The van der Waals surface area contributed by atoms with Gasteiger partial charge in [0, 0.05) is 20.5 Å². The zero-order valence-corrected chi connectivity index (χ0v) is 25.4. The molecular formula is C44H28S. The molecule has 0 spiro atoms. The van der Waals surface area contributed by atoms with Gasteiger partial charge in [0.1, 0.15) is 0 Å². The minimum atomic E-state index is 1.24. The standard InChI is InChI=1S/C44H28S/c1-2-14-30(15-3-1)43-39-23-10-11-24-40(39)45-44(43)34-18-12-17-32(28-34)41-35-19-6-8-21-37(35)42(38-22-9-7-20-36(38)41)33-26-25-29-13-4-5-16-31(29)27-33/h1-28H. The van der Waals surface area contributed by atoms with Crippen LogP contribution in [0.5, 0.6) is 0 Å². The van der Waals surface area contributed by atoms with Crippen LogP contribution in [-0.2, 0) is 0 Å². The summed E-state index contributed by atoms with van der Waals surface area (Å²) in [6, 6.07) is 62.2. The van der Waals surface area contributed by atoms with Crippen LogP contribution in [0.3, 0.4) is 0 Å². The summed E-state index contributed by atoms with van der Waals surface area (Å²) >= 11 is 1.88. The van der Waals surface area contributed by atoms with Gasteiger partial charge in [0.15, 0.2) is 0 Å². The maximum atomic E-state index is 2.40. The van der Waals surface area contributed by atoms with E-state index in [0.29, 0.717) is 0 Å². The van der Waals surface area contributed by atoms with Crippen molar-refractivity contribution < 1.29 is 0 Å². The first-order valence-electron chi connectivity index (χ1n) is 15.4. The van der Waals surface area contributed by atoms with Gasteiger partial charge in [0.25, 0.3) is 0 Å². The van der Waals surface area contributed by atoms with Crippen molar-refractivity contribution in [1.82, 2.24) is 0 Å². The van der Waals surface area contributed by atoms with Gasteiger partial charge >= 0.3 is 0 Å². The Bertz CT molecular complexity index is 2480. The molecule has 0 aliphatic carbocycles. The summed E-state index contributed by atoms with van der Waals surface area (Å²) < 4.78 is 1.31. The molecule has 0 aliphatic rings. The lowest BCUT2D eigenvalue weighted by atomic mass is 9.85. The fourth-order valence-electron chi connectivity index (χ4n) is 7.05. The second kappa shape index (κ2) is 10.6. The van der Waals surface area contributed by atoms with Gasteiger partial charge in [0.05, 0.1) is 0 Å². The Hall–Kier alpha value is -5.50. The van der Waals surface area contributed by atoms with E-state index < -0.39 is 0 Å². The molecule has 0 saturated carbocycles. The van der Waals surface area contributed by atoms with Crippen molar-refractivity contribution in [2.45, 2.75) is 0 Å². The summed E-state index contributed by atoms with van der Waals surface area (Å²) in [6.45, 7) is 0. The molecule has 0 aliphatic heterocycles. The highest BCUT2D eigenvalue weighted by Gasteiger charge is 2.19. The van der Waals surface area contributed by atoms with E-state index in [1.807, 2.05) is 11.3 Å². The minimum Gasteiger partial charge on any atom is -0.135 e. The molecule has 1 aromatic heterocycles. The predicted octanol–water partition coefficient (Wildman–Crippen LogP) is 13.0. The summed E-state index contributed by atoms with van der Waals surface area (Å²) in [7, 11) is 0. The van der Waals surface area contributed by atoms with Crippen molar-refractivity contribution in [3.05, 3.63) is 170 Å². The summed E-state index contributed by atoms with van der Waals surface area (Å²) in [5.41, 5.74) is 8.89. The average Bonchev–Trinajstić information content (AvgIpc) is 3.51. The third-order valence-corrected chi connectivity index (χ3v) is 10.3. The second-order valence-corrected chi connectivity index (χ2v) is 12.7. The normalized spacial score (nSPS) is 11.6. The molecule has 0 saturated heterocycles. The molecule has 9 rings (SSSR count). The Labute approximate surface area is 266 Å². The quantitative estimate of drug-likeness (QED) is 0.179. The third kappa shape index (κ3) is 4.28. The second-order valence-electron chi connectivity index (χ2n) is 11.7. The van der Waals surface area contributed by atoms with Crippen molar-refractivity contribution in [3.63, 3.8) is 0 Å². The first kappa shape index (κ1) is 25.9. The molecule has 0 fully saturated rings. The van der Waals surface area contributed by atoms with Gasteiger partial charge in [-0.25, -0.2) is 0 Å². The molecule has 0 amide bonds. The van der Waals surface area contributed by atoms with E-state index in [2.05, 4.69) is 170 Å². The zero-order chi connectivity index (χ0) is 29.7. The maximum Gasteiger partial charge on any atom is 0.0434 e. The fraction of sp³-hybridized carbons (Fsp3) is 0. The highest BCUT2D eigenvalue weighted by molar-refractivity contribution is 7.23. The van der Waals surface area contributed by atoms with Crippen LogP contribution in [0.2, 0.25) is 0 Å². The monoisotopic (exact) mass is 588 g/mol. The van der Waals surface area contributed by atoms with Crippen LogP contribution in [0.1, 0.15) is 0 Å². The van der Waals surface area contributed by atoms with Gasteiger partial charge in [-0.15, -0.1) is 11.3 Å². The van der Waals surface area contributed by atoms with Crippen LogP contribution in [-0.4, -0.2) is 0 Å². The molecule has 9 aromatic rings. The Morgan fingerprint density at radius 2 is 0.800 bits per heavy atom. The highest BCUT2D eigenvalue weighted by atomic mass is 32.1. The molecule has 210 valence electrons. The van der Waals surface area contributed by atoms with Gasteiger partial charge in [-0.05, 0) is 83.9 Å². The van der Waals surface area contributed by atoms with Gasteiger partial charge in [0.2, 0.25) is 0 Å². The van der Waals surface area contributed by atoms with Crippen LogP contribution in [0.4, 0.5) is 0 Å². The summed E-state index contributed by atoms with van der Waals surface area (Å²) in [6.07, 6.45) is 0. The largest absolute Gasteiger partial charge is 0.135 e. The van der Waals surface area contributed by atoms with Crippen LogP contribution in [0.25, 0.3) is 86.2 Å². The summed E-state index contributed by atoms with van der Waals surface area (Å²) in [5, 5.41) is 8.94. The van der Waals surface area contributed by atoms with Crippen molar-refractivity contribution in [2.75, 3.05) is 0 Å². The average molecular weight is 589 g/mol. The van der Waals surface area contributed by atoms with E-state index in [4.69, 9.17) is 0 Å². The zero-order valence-electron chi connectivity index (χ0n) is 24.6. The number of hydrogen-bond acceptors (Lipinski definition) is 1. The Kier molecular flexibility index (Phi) is 6.11. The molecule has 0 atom stereocenters. The number of fused-ring (bicyclic) bond motifs is 4. The lowest BCUT2D eigenvalue weighted by Crippen LogP contribution is -1.91. The molecule has 8 aromatic carbocycles. The molecule has 45 heavy (non-hydrogen) atoms. The number of rotatable bonds is 4. The van der Waals surface area contributed by atoms with Gasteiger partial charge < -0.3 is 0 Å². The smallest absolute Gasteiger partial charge is 0.0434 e. The highest BCUT2D eigenvalue weighted by Crippen LogP contribution is 2.48. The van der Waals surface area contributed by atoms with Crippen LogP contribution >= 0.6 is 11.3 Å². The van der Waals surface area contributed by atoms with Gasteiger partial charge in [-0.3, -0.25) is 0 Å². The van der Waals surface area contributed by atoms with E-state index in [-0.39, 0.29) is 0 Å². The van der Waals surface area contributed by atoms with E-state index in [0.717, 1.165) is 0 Å². The van der Waals surface area contributed by atoms with E-state index in [1.165, 1.54) is 86.2 Å². The van der Waals surface area contributed by atoms with Gasteiger partial charge in [-0.2, -0.15) is 0 Å².